The van der Waals surface area contributed by atoms with Crippen molar-refractivity contribution in [3.05, 3.63) is 48.7 Å². The van der Waals surface area contributed by atoms with Crippen LogP contribution in [0.2, 0.25) is 0 Å². The van der Waals surface area contributed by atoms with Gasteiger partial charge in [0.2, 0.25) is 15.9 Å². The van der Waals surface area contributed by atoms with E-state index in [0.717, 1.165) is 5.69 Å². The van der Waals surface area contributed by atoms with Gasteiger partial charge in [0.1, 0.15) is 4.90 Å². The summed E-state index contributed by atoms with van der Waals surface area (Å²) in [7, 11) is -3.57. The Hall–Kier alpha value is -2.41. The normalized spacial score (nSPS) is 12.4. The number of nitrogens with zero attached hydrogens (tertiary/aromatic N) is 4. The number of rotatable bonds is 10. The summed E-state index contributed by atoms with van der Waals surface area (Å²) in [6.45, 7) is 6.43. The largest absolute Gasteiger partial charge is 0.310 e. The maximum Gasteiger partial charge on any atom is 0.244 e. The van der Waals surface area contributed by atoms with Crippen molar-refractivity contribution in [2.75, 3.05) is 24.5 Å². The number of carbonyl (C=O) groups excluding carboxylic acids is 1. The Morgan fingerprint density at radius 2 is 1.83 bits per heavy atom. The van der Waals surface area contributed by atoms with Crippen molar-refractivity contribution in [3.8, 4) is 6.07 Å². The minimum absolute atomic E-state index is 0.134. The Kier molecular flexibility index (Phi) is 8.84. The third-order valence-electron chi connectivity index (χ3n) is 4.48. The maximum atomic E-state index is 13.0. The van der Waals surface area contributed by atoms with Crippen LogP contribution in [-0.4, -0.2) is 48.5 Å². The molecule has 1 heterocycles. The summed E-state index contributed by atoms with van der Waals surface area (Å²) in [5.41, 5.74) is 0.735. The Labute approximate surface area is 182 Å². The van der Waals surface area contributed by atoms with E-state index in [-0.39, 0.29) is 17.2 Å². The molecule has 2 aromatic rings. The zero-order valence-corrected chi connectivity index (χ0v) is 19.0. The molecule has 30 heavy (non-hydrogen) atoms. The lowest BCUT2D eigenvalue weighted by Gasteiger charge is -2.25. The SMILES string of the molecule is CCN(CC)S(=O)(=O)c1ccc(SC(C)C(=O)N(CCC#N)c2ccccc2)nc1. The van der Waals surface area contributed by atoms with Crippen molar-refractivity contribution in [1.29, 1.82) is 5.26 Å². The first-order valence-electron chi connectivity index (χ1n) is 9.71. The number of hydrogen-bond acceptors (Lipinski definition) is 6. The highest BCUT2D eigenvalue weighted by Gasteiger charge is 2.25. The van der Waals surface area contributed by atoms with Crippen molar-refractivity contribution in [2.24, 2.45) is 0 Å². The van der Waals surface area contributed by atoms with Gasteiger partial charge in [-0.15, -0.1) is 0 Å². The van der Waals surface area contributed by atoms with Crippen molar-refractivity contribution < 1.29 is 13.2 Å². The van der Waals surface area contributed by atoms with E-state index >= 15 is 0 Å². The fraction of sp³-hybridized carbons (Fsp3) is 0.381. The Morgan fingerprint density at radius 3 is 2.37 bits per heavy atom. The number of hydrogen-bond donors (Lipinski definition) is 0. The second kappa shape index (κ2) is 11.1. The van der Waals surface area contributed by atoms with Gasteiger partial charge < -0.3 is 4.90 Å². The molecule has 1 unspecified atom stereocenters. The van der Waals surface area contributed by atoms with E-state index in [0.29, 0.717) is 24.7 Å². The summed E-state index contributed by atoms with van der Waals surface area (Å²) in [6.07, 6.45) is 1.56. The Balaban J connectivity index is 2.15. The summed E-state index contributed by atoms with van der Waals surface area (Å²) in [5.74, 6) is -0.136. The van der Waals surface area contributed by atoms with Gasteiger partial charge in [-0.2, -0.15) is 9.57 Å². The zero-order valence-electron chi connectivity index (χ0n) is 17.4. The van der Waals surface area contributed by atoms with E-state index in [1.54, 1.807) is 31.7 Å². The molecule has 0 spiro atoms. The number of aromatic nitrogens is 1. The quantitative estimate of drug-likeness (QED) is 0.518. The lowest BCUT2D eigenvalue weighted by molar-refractivity contribution is -0.117. The molecule has 0 N–H and O–H groups in total. The fourth-order valence-corrected chi connectivity index (χ4v) is 5.14. The third-order valence-corrected chi connectivity index (χ3v) is 7.55. The molecule has 0 saturated carbocycles. The first-order chi connectivity index (χ1) is 14.3. The number of pyridine rings is 1. The molecule has 7 nitrogen and oxygen atoms in total. The van der Waals surface area contributed by atoms with Crippen LogP contribution in [0.4, 0.5) is 5.69 Å². The van der Waals surface area contributed by atoms with Crippen LogP contribution in [0.5, 0.6) is 0 Å². The molecule has 9 heteroatoms. The van der Waals surface area contributed by atoms with Crippen molar-refractivity contribution >= 4 is 33.4 Å². The van der Waals surface area contributed by atoms with Gasteiger partial charge in [0.05, 0.1) is 22.8 Å². The third kappa shape index (κ3) is 5.81. The van der Waals surface area contributed by atoms with Gasteiger partial charge in [-0.05, 0) is 31.2 Å². The number of nitriles is 1. The molecule has 1 aromatic heterocycles. The average Bonchev–Trinajstić information content (AvgIpc) is 2.75. The zero-order chi connectivity index (χ0) is 22.1. The number of benzene rings is 1. The molecular formula is C21H26N4O3S2. The standard InChI is InChI=1S/C21H26N4O3S2/c1-4-24(5-2)30(27,28)19-12-13-20(23-16-19)29-17(3)21(26)25(15-9-14-22)18-10-7-6-8-11-18/h6-8,10-13,16-17H,4-5,9,15H2,1-3H3. The van der Waals surface area contributed by atoms with Crippen molar-refractivity contribution in [2.45, 2.75) is 42.4 Å². The second-order valence-electron chi connectivity index (χ2n) is 6.42. The van der Waals surface area contributed by atoms with Gasteiger partial charge in [0.15, 0.2) is 0 Å². The van der Waals surface area contributed by atoms with Gasteiger partial charge in [-0.25, -0.2) is 13.4 Å². The summed E-state index contributed by atoms with van der Waals surface area (Å²) >= 11 is 1.25. The second-order valence-corrected chi connectivity index (χ2v) is 9.71. The van der Waals surface area contributed by atoms with Crippen LogP contribution in [0, 0.1) is 11.3 Å². The number of thioether (sulfide) groups is 1. The number of amides is 1. The van der Waals surface area contributed by atoms with E-state index in [4.69, 9.17) is 5.26 Å². The average molecular weight is 447 g/mol. The molecule has 0 aliphatic rings. The molecule has 0 bridgehead atoms. The van der Waals surface area contributed by atoms with Gasteiger partial charge in [-0.1, -0.05) is 43.8 Å². The number of carbonyl (C=O) groups is 1. The van der Waals surface area contributed by atoms with E-state index < -0.39 is 15.3 Å². The highest BCUT2D eigenvalue weighted by atomic mass is 32.2. The van der Waals surface area contributed by atoms with Crippen LogP contribution < -0.4 is 4.90 Å². The summed E-state index contributed by atoms with van der Waals surface area (Å²) in [6, 6.07) is 14.4. The van der Waals surface area contributed by atoms with Crippen LogP contribution in [0.3, 0.4) is 0 Å². The van der Waals surface area contributed by atoms with Crippen LogP contribution in [-0.2, 0) is 14.8 Å². The van der Waals surface area contributed by atoms with Crippen molar-refractivity contribution in [1.82, 2.24) is 9.29 Å². The molecule has 1 amide bonds. The number of para-hydroxylation sites is 1. The van der Waals surface area contributed by atoms with E-state index in [2.05, 4.69) is 11.1 Å². The minimum Gasteiger partial charge on any atom is -0.310 e. The topological polar surface area (TPSA) is 94.4 Å². The van der Waals surface area contributed by atoms with Gasteiger partial charge >= 0.3 is 0 Å². The van der Waals surface area contributed by atoms with Gasteiger partial charge in [0, 0.05) is 31.5 Å². The molecule has 2 rings (SSSR count). The van der Waals surface area contributed by atoms with Gasteiger partial charge in [-0.3, -0.25) is 4.79 Å². The first-order valence-corrected chi connectivity index (χ1v) is 12.0. The predicted octanol–water partition coefficient (Wildman–Crippen LogP) is 3.54. The molecule has 1 atom stereocenters. The molecule has 0 fully saturated rings. The smallest absolute Gasteiger partial charge is 0.244 e. The first kappa shape index (κ1) is 23.9. The fourth-order valence-electron chi connectivity index (χ4n) is 2.89. The van der Waals surface area contributed by atoms with Crippen LogP contribution in [0.1, 0.15) is 27.2 Å². The number of anilines is 1. The Morgan fingerprint density at radius 1 is 1.17 bits per heavy atom. The molecule has 0 aliphatic heterocycles. The maximum absolute atomic E-state index is 13.0. The summed E-state index contributed by atoms with van der Waals surface area (Å²) in [5, 5.41) is 9.03. The lowest BCUT2D eigenvalue weighted by Crippen LogP contribution is -2.37. The highest BCUT2D eigenvalue weighted by molar-refractivity contribution is 8.00. The van der Waals surface area contributed by atoms with Crippen LogP contribution in [0.25, 0.3) is 0 Å². The van der Waals surface area contributed by atoms with Gasteiger partial charge in [0.25, 0.3) is 0 Å². The predicted molar refractivity (Wildman–Crippen MR) is 119 cm³/mol. The van der Waals surface area contributed by atoms with E-state index in [1.165, 1.54) is 28.3 Å². The molecule has 0 saturated heterocycles. The molecule has 1 aromatic carbocycles. The van der Waals surface area contributed by atoms with E-state index in [9.17, 15) is 13.2 Å². The summed E-state index contributed by atoms with van der Waals surface area (Å²) in [4.78, 5) is 19.0. The minimum atomic E-state index is -3.57. The van der Waals surface area contributed by atoms with Crippen molar-refractivity contribution in [3.63, 3.8) is 0 Å². The molecular weight excluding hydrogens is 420 g/mol. The van der Waals surface area contributed by atoms with Crippen LogP contribution in [0.15, 0.2) is 58.6 Å². The molecule has 0 radical (unpaired) electrons. The highest BCUT2D eigenvalue weighted by Crippen LogP contribution is 2.26. The van der Waals surface area contributed by atoms with E-state index in [1.807, 2.05) is 30.3 Å². The lowest BCUT2D eigenvalue weighted by atomic mass is 10.2. The van der Waals surface area contributed by atoms with Crippen LogP contribution >= 0.6 is 11.8 Å². The Bertz CT molecular complexity index is 970. The number of sulfonamides is 1. The monoisotopic (exact) mass is 446 g/mol. The molecule has 0 aliphatic carbocycles. The summed E-state index contributed by atoms with van der Waals surface area (Å²) < 4.78 is 26.5. The molecule has 160 valence electrons.